The number of carbonyl (C=O) groups excluding carboxylic acids is 2. The highest BCUT2D eigenvalue weighted by Gasteiger charge is 2.33. The third-order valence-electron chi connectivity index (χ3n) is 4.85. The average Bonchev–Trinajstić information content (AvgIpc) is 3.25. The normalized spacial score (nSPS) is 15.2. The fraction of sp³-hybridized carbons (Fsp3) is 0.292. The van der Waals surface area contributed by atoms with Gasteiger partial charge in [-0.25, -0.2) is 14.2 Å². The topological polar surface area (TPSA) is 99.4 Å². The molecule has 4 rings (SSSR count). The van der Waals surface area contributed by atoms with Crippen LogP contribution < -0.4 is 9.64 Å². The summed E-state index contributed by atoms with van der Waals surface area (Å²) in [5, 5.41) is 8.12. The van der Waals surface area contributed by atoms with E-state index in [1.54, 1.807) is 43.8 Å². The van der Waals surface area contributed by atoms with Gasteiger partial charge in [-0.1, -0.05) is 18.2 Å². The highest BCUT2D eigenvalue weighted by atomic mass is 79.9. The Bertz CT molecular complexity index is 1300. The number of fused-ring (bicyclic) bond motifs is 5. The van der Waals surface area contributed by atoms with Crippen molar-refractivity contribution in [1.29, 1.82) is 0 Å². The van der Waals surface area contributed by atoms with E-state index in [1.165, 1.54) is 12.1 Å². The Morgan fingerprint density at radius 1 is 1.23 bits per heavy atom. The van der Waals surface area contributed by atoms with Crippen LogP contribution >= 0.6 is 15.9 Å². The first-order chi connectivity index (χ1) is 16.6. The summed E-state index contributed by atoms with van der Waals surface area (Å²) in [7, 11) is 0. The van der Waals surface area contributed by atoms with E-state index in [4.69, 9.17) is 9.47 Å². The fourth-order valence-electron chi connectivity index (χ4n) is 3.33. The molecule has 35 heavy (non-hydrogen) atoms. The van der Waals surface area contributed by atoms with Gasteiger partial charge < -0.3 is 14.0 Å². The standard InChI is InChI=1S/C24H23BrFN5O4/c1-24(2,3)35-23(33)31-20-9-7-8-18(28-20)21-29-27-14-30(21)10-5-4-6-11-34-19-13-17(26)16(25)12-15(19)22(31)32/h4-5,7-9,12-14H,6,10-11H2,1-3H3/b5-4+. The Morgan fingerprint density at radius 3 is 2.80 bits per heavy atom. The zero-order chi connectivity index (χ0) is 25.2. The molecule has 2 amide bonds. The highest BCUT2D eigenvalue weighted by Crippen LogP contribution is 2.30. The van der Waals surface area contributed by atoms with Crippen molar-refractivity contribution in [1.82, 2.24) is 19.7 Å². The molecule has 11 heteroatoms. The van der Waals surface area contributed by atoms with Crippen molar-refractivity contribution >= 4 is 33.7 Å². The Kier molecular flexibility index (Phi) is 6.97. The van der Waals surface area contributed by atoms with E-state index in [-0.39, 0.29) is 28.2 Å². The minimum Gasteiger partial charge on any atom is -0.492 e. The van der Waals surface area contributed by atoms with Crippen LogP contribution in [0.15, 0.2) is 53.3 Å². The number of anilines is 1. The molecule has 0 unspecified atom stereocenters. The first-order valence-corrected chi connectivity index (χ1v) is 11.6. The monoisotopic (exact) mass is 543 g/mol. The van der Waals surface area contributed by atoms with Gasteiger partial charge in [-0.3, -0.25) is 4.79 Å². The van der Waals surface area contributed by atoms with Crippen LogP contribution in [0.4, 0.5) is 15.0 Å². The Balaban J connectivity index is 1.90. The molecule has 9 nitrogen and oxygen atoms in total. The van der Waals surface area contributed by atoms with Crippen molar-refractivity contribution in [3.05, 3.63) is 64.7 Å². The van der Waals surface area contributed by atoms with Crippen molar-refractivity contribution < 1.29 is 23.5 Å². The number of pyridine rings is 1. The summed E-state index contributed by atoms with van der Waals surface area (Å²) in [4.78, 5) is 32.4. The first-order valence-electron chi connectivity index (χ1n) is 10.8. The van der Waals surface area contributed by atoms with Gasteiger partial charge in [0.05, 0.1) is 16.6 Å². The summed E-state index contributed by atoms with van der Waals surface area (Å²) >= 11 is 3.12. The second-order valence-electron chi connectivity index (χ2n) is 8.68. The van der Waals surface area contributed by atoms with Crippen molar-refractivity contribution in [3.8, 4) is 17.3 Å². The van der Waals surface area contributed by atoms with Crippen LogP contribution in [-0.4, -0.2) is 44.0 Å². The van der Waals surface area contributed by atoms with E-state index in [1.807, 2.05) is 12.2 Å². The molecule has 1 aromatic carbocycles. The average molecular weight is 544 g/mol. The van der Waals surface area contributed by atoms with Gasteiger partial charge in [0.15, 0.2) is 5.82 Å². The lowest BCUT2D eigenvalue weighted by atomic mass is 10.1. The van der Waals surface area contributed by atoms with Gasteiger partial charge in [0.25, 0.3) is 5.91 Å². The zero-order valence-electron chi connectivity index (χ0n) is 19.4. The number of amides is 2. The maximum atomic E-state index is 14.3. The number of aromatic nitrogens is 4. The number of hydrogen-bond acceptors (Lipinski definition) is 7. The number of hydrogen-bond donors (Lipinski definition) is 0. The van der Waals surface area contributed by atoms with E-state index in [0.29, 0.717) is 24.5 Å². The summed E-state index contributed by atoms with van der Waals surface area (Å²) in [6.45, 7) is 5.72. The maximum Gasteiger partial charge on any atom is 0.423 e. The summed E-state index contributed by atoms with van der Waals surface area (Å²) in [5.41, 5.74) is -0.514. The van der Waals surface area contributed by atoms with Crippen LogP contribution in [0.1, 0.15) is 37.6 Å². The van der Waals surface area contributed by atoms with E-state index in [2.05, 4.69) is 31.1 Å². The minimum atomic E-state index is -0.939. The van der Waals surface area contributed by atoms with Gasteiger partial charge in [-0.15, -0.1) is 10.2 Å². The number of rotatable bonds is 0. The molecule has 0 N–H and O–H groups in total. The van der Waals surface area contributed by atoms with Gasteiger partial charge in [0.2, 0.25) is 0 Å². The molecule has 1 aliphatic heterocycles. The number of benzene rings is 1. The number of carbonyl (C=O) groups is 2. The third kappa shape index (κ3) is 5.56. The van der Waals surface area contributed by atoms with Gasteiger partial charge >= 0.3 is 6.09 Å². The Morgan fingerprint density at radius 2 is 2.03 bits per heavy atom. The summed E-state index contributed by atoms with van der Waals surface area (Å²) in [6.07, 6.45) is 4.95. The largest absolute Gasteiger partial charge is 0.492 e. The fourth-order valence-corrected chi connectivity index (χ4v) is 3.67. The van der Waals surface area contributed by atoms with E-state index in [9.17, 15) is 14.0 Å². The van der Waals surface area contributed by atoms with Crippen LogP contribution in [-0.2, 0) is 11.3 Å². The Hall–Kier alpha value is -3.60. The molecule has 0 spiro atoms. The molecule has 1 aliphatic rings. The molecule has 3 heterocycles. The van der Waals surface area contributed by atoms with E-state index in [0.717, 1.165) is 11.0 Å². The second kappa shape index (κ2) is 9.95. The predicted molar refractivity (Wildman–Crippen MR) is 130 cm³/mol. The SMILES string of the molecule is CC(C)(C)OC(=O)N1C(=O)c2cc(Br)c(F)cc2OCC/C=C/Cn2cnnc2-c2cccc1n2. The van der Waals surface area contributed by atoms with E-state index < -0.39 is 23.4 Å². The number of imide groups is 1. The lowest BCUT2D eigenvalue weighted by Gasteiger charge is -2.26. The summed E-state index contributed by atoms with van der Waals surface area (Å²) in [5.74, 6) is -0.920. The smallest absolute Gasteiger partial charge is 0.423 e. The van der Waals surface area contributed by atoms with Gasteiger partial charge in [0.1, 0.15) is 35.0 Å². The number of nitrogens with zero attached hydrogens (tertiary/aromatic N) is 5. The summed E-state index contributed by atoms with van der Waals surface area (Å²) in [6, 6.07) is 7.24. The van der Waals surface area contributed by atoms with Crippen LogP contribution in [0.3, 0.4) is 0 Å². The lowest BCUT2D eigenvalue weighted by molar-refractivity contribution is 0.0562. The minimum absolute atomic E-state index is 0.000753. The molecule has 3 aromatic rings. The van der Waals surface area contributed by atoms with Gasteiger partial charge in [0, 0.05) is 12.6 Å². The van der Waals surface area contributed by atoms with Crippen LogP contribution in [0.25, 0.3) is 11.5 Å². The molecule has 0 aliphatic carbocycles. The predicted octanol–water partition coefficient (Wildman–Crippen LogP) is 5.16. The molecule has 182 valence electrons. The van der Waals surface area contributed by atoms with Crippen LogP contribution in [0.2, 0.25) is 0 Å². The quantitative estimate of drug-likeness (QED) is 0.361. The highest BCUT2D eigenvalue weighted by molar-refractivity contribution is 9.10. The molecule has 2 aromatic heterocycles. The molecule has 0 radical (unpaired) electrons. The van der Waals surface area contributed by atoms with Crippen molar-refractivity contribution in [2.24, 2.45) is 0 Å². The molecule has 0 saturated carbocycles. The van der Waals surface area contributed by atoms with Crippen LogP contribution in [0, 0.1) is 5.82 Å². The van der Waals surface area contributed by atoms with E-state index >= 15 is 0 Å². The molecular weight excluding hydrogens is 521 g/mol. The third-order valence-corrected chi connectivity index (χ3v) is 5.46. The molecule has 2 bridgehead atoms. The Labute approximate surface area is 209 Å². The van der Waals surface area contributed by atoms with Crippen LogP contribution in [0.5, 0.6) is 5.75 Å². The number of allylic oxidation sites excluding steroid dienone is 1. The van der Waals surface area contributed by atoms with Gasteiger partial charge in [-0.05, 0) is 61.3 Å². The lowest BCUT2D eigenvalue weighted by Crippen LogP contribution is -2.41. The van der Waals surface area contributed by atoms with Gasteiger partial charge in [-0.2, -0.15) is 4.90 Å². The summed E-state index contributed by atoms with van der Waals surface area (Å²) < 4.78 is 27.4. The molecule has 0 fully saturated rings. The molecule has 0 atom stereocenters. The first kappa shape index (κ1) is 24.5. The maximum absolute atomic E-state index is 14.3. The van der Waals surface area contributed by atoms with Crippen molar-refractivity contribution in [2.75, 3.05) is 11.5 Å². The molecular formula is C24H23BrFN5O4. The number of halogens is 2. The van der Waals surface area contributed by atoms with Crippen molar-refractivity contribution in [2.45, 2.75) is 39.3 Å². The van der Waals surface area contributed by atoms with Crippen molar-refractivity contribution in [3.63, 3.8) is 0 Å². The second-order valence-corrected chi connectivity index (χ2v) is 9.53. The number of ether oxygens (including phenoxy) is 2. The zero-order valence-corrected chi connectivity index (χ0v) is 21.0. The molecule has 0 saturated heterocycles.